The number of phosphoric ester groups is 1. The molecular formula is C39H68NO8P. The van der Waals surface area contributed by atoms with Crippen LogP contribution in [0.1, 0.15) is 142 Å². The maximum Gasteiger partial charge on any atom is 0.472 e. The number of unbranched alkanes of at least 4 members (excludes halogenated alkanes) is 11. The van der Waals surface area contributed by atoms with Crippen molar-refractivity contribution in [3.63, 3.8) is 0 Å². The second kappa shape index (κ2) is 35.5. The Bertz CT molecular complexity index is 992. The van der Waals surface area contributed by atoms with Crippen molar-refractivity contribution in [2.24, 2.45) is 0 Å². The fourth-order valence-electron chi connectivity index (χ4n) is 4.61. The fraction of sp³-hybridized carbons (Fsp3) is 0.692. The van der Waals surface area contributed by atoms with Gasteiger partial charge < -0.3 is 20.1 Å². The molecule has 2 unspecified atom stereocenters. The SMILES string of the molecule is CC/C=C\C/C=C\C/C=C\CCCCCCCC(=O)OCC(O)COP(=O)(O)OCCNC(=O)CCCCCCC/C=C\C/C=C\CCC. The minimum Gasteiger partial charge on any atom is -0.463 e. The summed E-state index contributed by atoms with van der Waals surface area (Å²) in [4.78, 5) is 33.7. The van der Waals surface area contributed by atoms with E-state index >= 15 is 0 Å². The van der Waals surface area contributed by atoms with Gasteiger partial charge in [-0.25, -0.2) is 4.57 Å². The summed E-state index contributed by atoms with van der Waals surface area (Å²) in [6.45, 7) is 3.31. The number of amides is 1. The largest absolute Gasteiger partial charge is 0.472 e. The van der Waals surface area contributed by atoms with Crippen molar-refractivity contribution >= 4 is 19.7 Å². The average molecular weight is 710 g/mol. The Hall–Kier alpha value is -2.29. The van der Waals surface area contributed by atoms with Crippen LogP contribution in [0.2, 0.25) is 0 Å². The van der Waals surface area contributed by atoms with E-state index in [9.17, 15) is 24.2 Å². The van der Waals surface area contributed by atoms with E-state index in [-0.39, 0.29) is 32.1 Å². The molecule has 0 spiro atoms. The van der Waals surface area contributed by atoms with Crippen LogP contribution in [0, 0.1) is 0 Å². The Labute approximate surface area is 298 Å². The molecule has 2 atom stereocenters. The van der Waals surface area contributed by atoms with Crippen LogP contribution in [0.5, 0.6) is 0 Å². The molecule has 0 saturated heterocycles. The number of aliphatic hydroxyl groups excluding tert-OH is 1. The summed E-state index contributed by atoms with van der Waals surface area (Å²) in [5, 5.41) is 12.6. The number of hydrogen-bond donors (Lipinski definition) is 3. The topological polar surface area (TPSA) is 131 Å². The van der Waals surface area contributed by atoms with Crippen LogP contribution in [-0.4, -0.2) is 54.3 Å². The second-order valence-electron chi connectivity index (χ2n) is 12.2. The van der Waals surface area contributed by atoms with Crippen molar-refractivity contribution in [1.82, 2.24) is 5.32 Å². The molecule has 0 heterocycles. The predicted octanol–water partition coefficient (Wildman–Crippen LogP) is 9.76. The highest BCUT2D eigenvalue weighted by molar-refractivity contribution is 7.47. The monoisotopic (exact) mass is 709 g/mol. The van der Waals surface area contributed by atoms with Crippen molar-refractivity contribution in [2.75, 3.05) is 26.4 Å². The Balaban J connectivity index is 3.69. The summed E-state index contributed by atoms with van der Waals surface area (Å²) >= 11 is 0. The molecule has 0 bridgehead atoms. The highest BCUT2D eigenvalue weighted by Crippen LogP contribution is 2.42. The number of hydrogen-bond acceptors (Lipinski definition) is 7. The third-order valence-electron chi connectivity index (χ3n) is 7.41. The molecule has 0 aliphatic heterocycles. The van der Waals surface area contributed by atoms with Crippen LogP contribution in [0.3, 0.4) is 0 Å². The summed E-state index contributed by atoms with van der Waals surface area (Å²) < 4.78 is 26.7. The van der Waals surface area contributed by atoms with Crippen LogP contribution >= 0.6 is 7.82 Å². The van der Waals surface area contributed by atoms with Gasteiger partial charge in [0.1, 0.15) is 12.7 Å². The third-order valence-corrected chi connectivity index (χ3v) is 8.40. The zero-order chi connectivity index (χ0) is 36.1. The zero-order valence-electron chi connectivity index (χ0n) is 30.6. The Morgan fingerprint density at radius 1 is 0.653 bits per heavy atom. The molecule has 9 nitrogen and oxygen atoms in total. The van der Waals surface area contributed by atoms with Gasteiger partial charge in [-0.3, -0.25) is 18.6 Å². The molecule has 0 aliphatic carbocycles. The Kier molecular flexibility index (Phi) is 33.9. The first kappa shape index (κ1) is 46.7. The summed E-state index contributed by atoms with van der Waals surface area (Å²) in [6, 6.07) is 0. The van der Waals surface area contributed by atoms with Gasteiger partial charge in [0, 0.05) is 19.4 Å². The van der Waals surface area contributed by atoms with E-state index in [1.54, 1.807) is 0 Å². The first-order chi connectivity index (χ1) is 23.8. The molecule has 0 aliphatic rings. The van der Waals surface area contributed by atoms with Crippen molar-refractivity contribution in [3.05, 3.63) is 60.8 Å². The number of rotatable bonds is 34. The normalized spacial score (nSPS) is 14.1. The highest BCUT2D eigenvalue weighted by Gasteiger charge is 2.23. The van der Waals surface area contributed by atoms with E-state index < -0.39 is 26.5 Å². The first-order valence-corrected chi connectivity index (χ1v) is 20.3. The van der Waals surface area contributed by atoms with Crippen LogP contribution in [-0.2, 0) is 27.9 Å². The zero-order valence-corrected chi connectivity index (χ0v) is 31.5. The summed E-state index contributed by atoms with van der Waals surface area (Å²) in [6.07, 6.45) is 40.0. The van der Waals surface area contributed by atoms with E-state index in [1.165, 1.54) is 6.42 Å². The first-order valence-electron chi connectivity index (χ1n) is 18.8. The third kappa shape index (κ3) is 36.8. The maximum atomic E-state index is 12.0. The number of aliphatic hydroxyl groups is 1. The molecule has 0 aromatic rings. The molecule has 0 rings (SSSR count). The molecule has 49 heavy (non-hydrogen) atoms. The Morgan fingerprint density at radius 3 is 1.76 bits per heavy atom. The van der Waals surface area contributed by atoms with Gasteiger partial charge in [0.15, 0.2) is 0 Å². The number of phosphoric acid groups is 1. The molecule has 1 amide bonds. The lowest BCUT2D eigenvalue weighted by Gasteiger charge is -2.15. The summed E-state index contributed by atoms with van der Waals surface area (Å²) in [7, 11) is -4.42. The van der Waals surface area contributed by atoms with Crippen molar-refractivity contribution in [3.8, 4) is 0 Å². The van der Waals surface area contributed by atoms with Crippen LogP contribution in [0.25, 0.3) is 0 Å². The van der Waals surface area contributed by atoms with Crippen LogP contribution in [0.4, 0.5) is 0 Å². The molecule has 10 heteroatoms. The lowest BCUT2D eigenvalue weighted by molar-refractivity contribution is -0.147. The molecule has 3 N–H and O–H groups in total. The molecule has 0 radical (unpaired) electrons. The van der Waals surface area contributed by atoms with Gasteiger partial charge in [0.05, 0.1) is 13.2 Å². The number of carbonyl (C=O) groups excluding carboxylic acids is 2. The summed E-state index contributed by atoms with van der Waals surface area (Å²) in [5.74, 6) is -0.555. The molecule has 282 valence electrons. The van der Waals surface area contributed by atoms with Crippen molar-refractivity contribution in [1.29, 1.82) is 0 Å². The van der Waals surface area contributed by atoms with Gasteiger partial charge in [0.25, 0.3) is 0 Å². The van der Waals surface area contributed by atoms with E-state index in [0.717, 1.165) is 103 Å². The number of nitrogens with one attached hydrogen (secondary N) is 1. The summed E-state index contributed by atoms with van der Waals surface area (Å²) in [5.41, 5.74) is 0. The fourth-order valence-corrected chi connectivity index (χ4v) is 5.36. The molecule has 0 aromatic heterocycles. The van der Waals surface area contributed by atoms with E-state index in [1.807, 2.05) is 0 Å². The van der Waals surface area contributed by atoms with Crippen molar-refractivity contribution in [2.45, 2.75) is 148 Å². The van der Waals surface area contributed by atoms with Gasteiger partial charge in [-0.2, -0.15) is 0 Å². The van der Waals surface area contributed by atoms with Crippen LogP contribution in [0.15, 0.2) is 60.8 Å². The molecule has 0 aromatic carbocycles. The number of ether oxygens (including phenoxy) is 1. The predicted molar refractivity (Wildman–Crippen MR) is 201 cm³/mol. The molecular weight excluding hydrogens is 641 g/mol. The van der Waals surface area contributed by atoms with Gasteiger partial charge in [0.2, 0.25) is 5.91 Å². The second-order valence-corrected chi connectivity index (χ2v) is 13.6. The maximum absolute atomic E-state index is 12.0. The average Bonchev–Trinajstić information content (AvgIpc) is 3.08. The van der Waals surface area contributed by atoms with Crippen LogP contribution < -0.4 is 5.32 Å². The molecule has 0 fully saturated rings. The minimum absolute atomic E-state index is 0.0688. The minimum atomic E-state index is -4.42. The lowest BCUT2D eigenvalue weighted by atomic mass is 10.1. The number of allylic oxidation sites excluding steroid dienone is 10. The van der Waals surface area contributed by atoms with Gasteiger partial charge in [-0.15, -0.1) is 0 Å². The van der Waals surface area contributed by atoms with Gasteiger partial charge in [-0.1, -0.05) is 120 Å². The van der Waals surface area contributed by atoms with E-state index in [0.29, 0.717) is 12.8 Å². The van der Waals surface area contributed by atoms with E-state index in [2.05, 4.69) is 79.9 Å². The quantitative estimate of drug-likeness (QED) is 0.0261. The van der Waals surface area contributed by atoms with Gasteiger partial charge in [-0.05, 0) is 70.6 Å². The smallest absolute Gasteiger partial charge is 0.463 e. The van der Waals surface area contributed by atoms with Crippen molar-refractivity contribution < 1.29 is 37.9 Å². The number of carbonyl (C=O) groups is 2. The van der Waals surface area contributed by atoms with Gasteiger partial charge >= 0.3 is 13.8 Å². The standard InChI is InChI=1S/C39H68NO8P/c1-3-5-7-9-11-13-15-17-18-20-22-24-26-28-30-32-39(43)46-35-37(41)36-48-49(44,45)47-34-33-40-38(42)31-29-27-25-23-21-19-16-14-12-10-8-6-4-2/h5,7-8,10-11,13-14,16-18,37,41H,3-4,6,9,12,15,19-36H2,1-2H3,(H,40,42)(H,44,45)/b7-5-,10-8-,13-11-,16-14-,18-17-. The lowest BCUT2D eigenvalue weighted by Crippen LogP contribution is -2.27. The highest BCUT2D eigenvalue weighted by atomic mass is 31.2. The van der Waals surface area contributed by atoms with E-state index in [4.69, 9.17) is 13.8 Å². The Morgan fingerprint density at radius 2 is 1.16 bits per heavy atom. The molecule has 0 saturated carbocycles. The number of esters is 1.